The minimum atomic E-state index is -3.64. The smallest absolute Gasteiger partial charge is 0.243 e. The van der Waals surface area contributed by atoms with Gasteiger partial charge in [0.25, 0.3) is 0 Å². The van der Waals surface area contributed by atoms with Crippen molar-refractivity contribution in [2.24, 2.45) is 11.8 Å². The maximum Gasteiger partial charge on any atom is 0.243 e. The number of imide groups is 1. The van der Waals surface area contributed by atoms with E-state index in [1.54, 1.807) is 26.8 Å². The standard InChI is InChI=1S/C22H31N3O5S/c1-4-24(5-2)31(29,30)16-11-10-15(3)19(14-16)23-20(26)12-13-25-21(27)17-8-6-7-9-18(17)22(25)28/h10-11,14,17-18H,4-9,12-13H2,1-3H3,(H,23,26). The third kappa shape index (κ3) is 4.67. The number of hydrogen-bond acceptors (Lipinski definition) is 5. The van der Waals surface area contributed by atoms with E-state index in [-0.39, 0.29) is 47.4 Å². The molecule has 2 fully saturated rings. The van der Waals surface area contributed by atoms with Gasteiger partial charge in [0, 0.05) is 31.7 Å². The van der Waals surface area contributed by atoms with Crippen molar-refractivity contribution in [1.29, 1.82) is 0 Å². The first kappa shape index (κ1) is 23.4. The summed E-state index contributed by atoms with van der Waals surface area (Å²) in [5.41, 5.74) is 1.14. The van der Waals surface area contributed by atoms with Gasteiger partial charge in [-0.05, 0) is 37.5 Å². The Morgan fingerprint density at radius 2 is 1.68 bits per heavy atom. The number of aryl methyl sites for hydroxylation is 1. The molecule has 0 aromatic heterocycles. The monoisotopic (exact) mass is 449 g/mol. The van der Waals surface area contributed by atoms with Crippen LogP contribution in [0.1, 0.15) is 51.5 Å². The highest BCUT2D eigenvalue weighted by molar-refractivity contribution is 7.89. The molecule has 1 aromatic carbocycles. The molecule has 1 aliphatic carbocycles. The number of fused-ring (bicyclic) bond motifs is 1. The van der Waals surface area contributed by atoms with E-state index in [0.717, 1.165) is 31.2 Å². The fourth-order valence-corrected chi connectivity index (χ4v) is 5.97. The van der Waals surface area contributed by atoms with E-state index in [9.17, 15) is 22.8 Å². The summed E-state index contributed by atoms with van der Waals surface area (Å²) >= 11 is 0. The third-order valence-electron chi connectivity index (χ3n) is 6.32. The number of nitrogens with one attached hydrogen (secondary N) is 1. The molecule has 1 N–H and O–H groups in total. The third-order valence-corrected chi connectivity index (χ3v) is 8.37. The van der Waals surface area contributed by atoms with Gasteiger partial charge in [0.05, 0.1) is 16.7 Å². The second-order valence-corrected chi connectivity index (χ2v) is 10.1. The molecule has 0 spiro atoms. The van der Waals surface area contributed by atoms with Crippen LogP contribution in [0.2, 0.25) is 0 Å². The van der Waals surface area contributed by atoms with Gasteiger partial charge in [-0.1, -0.05) is 32.8 Å². The number of nitrogens with zero attached hydrogens (tertiary/aromatic N) is 2. The van der Waals surface area contributed by atoms with Gasteiger partial charge in [0.2, 0.25) is 27.7 Å². The number of rotatable bonds is 8. The number of benzene rings is 1. The van der Waals surface area contributed by atoms with Crippen molar-refractivity contribution in [2.45, 2.75) is 57.8 Å². The highest BCUT2D eigenvalue weighted by atomic mass is 32.2. The summed E-state index contributed by atoms with van der Waals surface area (Å²) in [5.74, 6) is -1.14. The van der Waals surface area contributed by atoms with Crippen LogP contribution in [0, 0.1) is 18.8 Å². The van der Waals surface area contributed by atoms with Crippen molar-refractivity contribution in [2.75, 3.05) is 25.0 Å². The molecular formula is C22H31N3O5S. The molecule has 2 unspecified atom stereocenters. The maximum absolute atomic E-state index is 12.8. The van der Waals surface area contributed by atoms with Crippen molar-refractivity contribution >= 4 is 33.4 Å². The molecule has 1 aromatic rings. The molecule has 0 bridgehead atoms. The molecule has 3 rings (SSSR count). The highest BCUT2D eigenvalue weighted by Crippen LogP contribution is 2.38. The van der Waals surface area contributed by atoms with Crippen LogP contribution in [-0.4, -0.2) is 55.0 Å². The molecule has 9 heteroatoms. The van der Waals surface area contributed by atoms with E-state index in [1.807, 2.05) is 0 Å². The Kier molecular flexibility index (Phi) is 7.16. The van der Waals surface area contributed by atoms with Crippen molar-refractivity contribution in [1.82, 2.24) is 9.21 Å². The van der Waals surface area contributed by atoms with E-state index in [2.05, 4.69) is 5.32 Å². The van der Waals surface area contributed by atoms with Crippen LogP contribution in [0.5, 0.6) is 0 Å². The van der Waals surface area contributed by atoms with Crippen LogP contribution < -0.4 is 5.32 Å². The number of carbonyl (C=O) groups excluding carboxylic acids is 3. The Balaban J connectivity index is 1.67. The second-order valence-electron chi connectivity index (χ2n) is 8.19. The summed E-state index contributed by atoms with van der Waals surface area (Å²) in [5, 5.41) is 2.74. The molecule has 0 radical (unpaired) electrons. The van der Waals surface area contributed by atoms with Crippen LogP contribution in [0.25, 0.3) is 0 Å². The number of likely N-dealkylation sites (tertiary alicyclic amines) is 1. The number of anilines is 1. The van der Waals surface area contributed by atoms with Crippen molar-refractivity contribution in [3.05, 3.63) is 23.8 Å². The number of sulfonamides is 1. The Hall–Kier alpha value is -2.26. The lowest BCUT2D eigenvalue weighted by molar-refractivity contribution is -0.140. The average molecular weight is 450 g/mol. The van der Waals surface area contributed by atoms with Gasteiger partial charge in [-0.25, -0.2) is 8.42 Å². The first-order valence-electron chi connectivity index (χ1n) is 11.0. The fraction of sp³-hybridized carbons (Fsp3) is 0.591. The van der Waals surface area contributed by atoms with Crippen molar-refractivity contribution in [3.63, 3.8) is 0 Å². The molecule has 8 nitrogen and oxygen atoms in total. The summed E-state index contributed by atoms with van der Waals surface area (Å²) in [6.45, 7) is 6.08. The predicted molar refractivity (Wildman–Crippen MR) is 117 cm³/mol. The average Bonchev–Trinajstić information content (AvgIpc) is 2.99. The van der Waals surface area contributed by atoms with Crippen LogP contribution in [-0.2, 0) is 24.4 Å². The van der Waals surface area contributed by atoms with Crippen LogP contribution in [0.3, 0.4) is 0 Å². The van der Waals surface area contributed by atoms with Crippen molar-refractivity contribution in [3.8, 4) is 0 Å². The van der Waals surface area contributed by atoms with Crippen LogP contribution in [0.15, 0.2) is 23.1 Å². The van der Waals surface area contributed by atoms with Gasteiger partial charge in [0.1, 0.15) is 0 Å². The Morgan fingerprint density at radius 3 is 2.23 bits per heavy atom. The Labute approximate surface area is 184 Å². The first-order chi connectivity index (χ1) is 14.7. The van der Waals surface area contributed by atoms with Crippen LogP contribution >= 0.6 is 0 Å². The summed E-state index contributed by atoms with van der Waals surface area (Å²) < 4.78 is 26.9. The zero-order valence-electron chi connectivity index (χ0n) is 18.4. The van der Waals surface area contributed by atoms with E-state index in [1.165, 1.54) is 21.3 Å². The molecule has 1 saturated heterocycles. The molecule has 170 valence electrons. The van der Waals surface area contributed by atoms with E-state index >= 15 is 0 Å². The van der Waals surface area contributed by atoms with Crippen LogP contribution in [0.4, 0.5) is 5.69 Å². The molecule has 2 aliphatic rings. The summed E-state index contributed by atoms with van der Waals surface area (Å²) in [4.78, 5) is 39.0. The topological polar surface area (TPSA) is 104 Å². The van der Waals surface area contributed by atoms with Gasteiger partial charge in [-0.15, -0.1) is 0 Å². The van der Waals surface area contributed by atoms with Gasteiger partial charge in [0.15, 0.2) is 0 Å². The largest absolute Gasteiger partial charge is 0.326 e. The lowest BCUT2D eigenvalue weighted by atomic mass is 9.81. The summed E-state index contributed by atoms with van der Waals surface area (Å²) in [6.07, 6.45) is 3.38. The molecular weight excluding hydrogens is 418 g/mol. The maximum atomic E-state index is 12.8. The highest BCUT2D eigenvalue weighted by Gasteiger charge is 2.47. The van der Waals surface area contributed by atoms with Gasteiger partial charge in [-0.2, -0.15) is 4.31 Å². The Morgan fingerprint density at radius 1 is 1.10 bits per heavy atom. The quantitative estimate of drug-likeness (QED) is 0.614. The second kappa shape index (κ2) is 9.48. The molecule has 31 heavy (non-hydrogen) atoms. The SMILES string of the molecule is CCN(CC)S(=O)(=O)c1ccc(C)c(NC(=O)CCN2C(=O)C3CCCCC3C2=O)c1. The molecule has 2 atom stereocenters. The molecule has 1 saturated carbocycles. The van der Waals surface area contributed by atoms with Gasteiger partial charge >= 0.3 is 0 Å². The Bertz CT molecular complexity index is 947. The zero-order valence-corrected chi connectivity index (χ0v) is 19.2. The number of hydrogen-bond donors (Lipinski definition) is 1. The first-order valence-corrected chi connectivity index (χ1v) is 12.4. The molecule has 1 aliphatic heterocycles. The number of amides is 3. The van der Waals surface area contributed by atoms with Gasteiger partial charge in [-0.3, -0.25) is 19.3 Å². The van der Waals surface area contributed by atoms with Gasteiger partial charge < -0.3 is 5.32 Å². The molecule has 1 heterocycles. The zero-order chi connectivity index (χ0) is 22.8. The predicted octanol–water partition coefficient (Wildman–Crippen LogP) is 2.53. The minimum Gasteiger partial charge on any atom is -0.326 e. The molecule has 3 amide bonds. The summed E-state index contributed by atoms with van der Waals surface area (Å²) in [7, 11) is -3.64. The van der Waals surface area contributed by atoms with E-state index in [4.69, 9.17) is 0 Å². The van der Waals surface area contributed by atoms with E-state index in [0.29, 0.717) is 18.8 Å². The van der Waals surface area contributed by atoms with Crippen molar-refractivity contribution < 1.29 is 22.8 Å². The minimum absolute atomic E-state index is 0.0244. The normalized spacial score (nSPS) is 21.5. The fourth-order valence-electron chi connectivity index (χ4n) is 4.49. The lowest BCUT2D eigenvalue weighted by Crippen LogP contribution is -2.34. The van der Waals surface area contributed by atoms with E-state index < -0.39 is 10.0 Å². The number of carbonyl (C=O) groups is 3. The lowest BCUT2D eigenvalue weighted by Gasteiger charge is -2.19. The summed E-state index contributed by atoms with van der Waals surface area (Å²) in [6, 6.07) is 4.65.